The molecule has 1 fully saturated rings. The largest absolute Gasteiger partial charge is 0.350 e. The zero-order chi connectivity index (χ0) is 16.8. The number of hydrogen-bond donors (Lipinski definition) is 3. The molecule has 0 radical (unpaired) electrons. The molecule has 10 heteroatoms. The Morgan fingerprint density at radius 3 is 2.92 bits per heavy atom. The molecular formula is C14H23N9O. The number of hydrogen-bond acceptors (Lipinski definition) is 7. The molecule has 3 heterocycles. The van der Waals surface area contributed by atoms with Crippen molar-refractivity contribution in [1.29, 1.82) is 0 Å². The topological polar surface area (TPSA) is 117 Å². The maximum absolute atomic E-state index is 12.1. The predicted molar refractivity (Wildman–Crippen MR) is 86.5 cm³/mol. The third-order valence-corrected chi connectivity index (χ3v) is 3.90. The van der Waals surface area contributed by atoms with Crippen LogP contribution in [0.25, 0.3) is 0 Å². The Labute approximate surface area is 140 Å². The Kier molecular flexibility index (Phi) is 5.49. The third-order valence-electron chi connectivity index (χ3n) is 3.90. The summed E-state index contributed by atoms with van der Waals surface area (Å²) in [4.78, 5) is 18.6. The molecule has 10 nitrogen and oxygen atoms in total. The molecule has 1 aliphatic heterocycles. The van der Waals surface area contributed by atoms with Crippen molar-refractivity contribution in [3.8, 4) is 0 Å². The molecule has 0 unspecified atom stereocenters. The third kappa shape index (κ3) is 4.59. The van der Waals surface area contributed by atoms with Crippen molar-refractivity contribution < 1.29 is 4.79 Å². The van der Waals surface area contributed by atoms with E-state index in [-0.39, 0.29) is 5.91 Å². The van der Waals surface area contributed by atoms with E-state index in [9.17, 15) is 4.79 Å². The maximum Gasteiger partial charge on any atom is 0.273 e. The number of rotatable bonds is 7. The van der Waals surface area contributed by atoms with E-state index < -0.39 is 0 Å². The van der Waals surface area contributed by atoms with Crippen molar-refractivity contribution in [2.45, 2.75) is 19.9 Å². The summed E-state index contributed by atoms with van der Waals surface area (Å²) in [5.74, 6) is 1.23. The molecule has 0 aromatic carbocycles. The summed E-state index contributed by atoms with van der Waals surface area (Å²) in [6.07, 6.45) is 2.27. The van der Waals surface area contributed by atoms with Crippen LogP contribution in [-0.4, -0.2) is 80.3 Å². The standard InChI is InChI=1S/C14H23N9O/c1-11-17-13(20-18-11)2-3-16-14(24)12-10-23(21-19-12)9-8-22-6-4-15-5-7-22/h10,15H,2-9H2,1H3,(H,16,24)(H,17,18,20). The van der Waals surface area contributed by atoms with Crippen molar-refractivity contribution >= 4 is 5.91 Å². The molecule has 0 bridgehead atoms. The highest BCUT2D eigenvalue weighted by Gasteiger charge is 2.13. The molecule has 0 aliphatic carbocycles. The number of aryl methyl sites for hydroxylation is 1. The molecule has 1 amide bonds. The van der Waals surface area contributed by atoms with Crippen molar-refractivity contribution in [3.05, 3.63) is 23.5 Å². The van der Waals surface area contributed by atoms with Gasteiger partial charge < -0.3 is 10.6 Å². The molecule has 3 rings (SSSR count). The first kappa shape index (κ1) is 16.5. The summed E-state index contributed by atoms with van der Waals surface area (Å²) < 4.78 is 1.72. The minimum Gasteiger partial charge on any atom is -0.350 e. The second kappa shape index (κ2) is 7.97. The Bertz CT molecular complexity index is 659. The Balaban J connectivity index is 1.41. The molecule has 2 aromatic rings. The smallest absolute Gasteiger partial charge is 0.273 e. The van der Waals surface area contributed by atoms with Gasteiger partial charge in [-0.3, -0.25) is 19.5 Å². The van der Waals surface area contributed by atoms with Gasteiger partial charge in [-0.05, 0) is 6.92 Å². The molecule has 0 spiro atoms. The number of piperazine rings is 1. The van der Waals surface area contributed by atoms with Crippen LogP contribution in [0.4, 0.5) is 0 Å². The Hall–Kier alpha value is -2.33. The second-order valence-electron chi connectivity index (χ2n) is 5.80. The van der Waals surface area contributed by atoms with E-state index >= 15 is 0 Å². The fraction of sp³-hybridized carbons (Fsp3) is 0.643. The highest BCUT2D eigenvalue weighted by molar-refractivity contribution is 5.91. The number of nitrogens with one attached hydrogen (secondary N) is 3. The van der Waals surface area contributed by atoms with E-state index in [4.69, 9.17) is 0 Å². The van der Waals surface area contributed by atoms with Crippen LogP contribution in [-0.2, 0) is 13.0 Å². The van der Waals surface area contributed by atoms with Gasteiger partial charge in [-0.25, -0.2) is 4.98 Å². The molecule has 3 N–H and O–H groups in total. The van der Waals surface area contributed by atoms with E-state index in [1.54, 1.807) is 10.9 Å². The molecule has 0 saturated carbocycles. The van der Waals surface area contributed by atoms with Gasteiger partial charge in [0.15, 0.2) is 11.5 Å². The zero-order valence-corrected chi connectivity index (χ0v) is 13.8. The fourth-order valence-corrected chi connectivity index (χ4v) is 2.57. The van der Waals surface area contributed by atoms with Gasteiger partial charge in [0.1, 0.15) is 5.82 Å². The van der Waals surface area contributed by atoms with E-state index in [2.05, 4.69) is 41.0 Å². The van der Waals surface area contributed by atoms with Gasteiger partial charge in [-0.15, -0.1) is 5.10 Å². The van der Waals surface area contributed by atoms with Gasteiger partial charge >= 0.3 is 0 Å². The maximum atomic E-state index is 12.1. The molecule has 130 valence electrons. The van der Waals surface area contributed by atoms with Gasteiger partial charge in [0.25, 0.3) is 5.91 Å². The highest BCUT2D eigenvalue weighted by atomic mass is 16.2. The number of aromatic amines is 1. The lowest BCUT2D eigenvalue weighted by molar-refractivity contribution is 0.0949. The quantitative estimate of drug-likeness (QED) is 0.569. The lowest BCUT2D eigenvalue weighted by atomic mass is 10.3. The molecule has 2 aromatic heterocycles. The van der Waals surface area contributed by atoms with E-state index in [0.717, 1.165) is 45.1 Å². The van der Waals surface area contributed by atoms with Crippen LogP contribution in [0.2, 0.25) is 0 Å². The van der Waals surface area contributed by atoms with Gasteiger partial charge in [0.2, 0.25) is 0 Å². The minimum absolute atomic E-state index is 0.226. The van der Waals surface area contributed by atoms with Crippen LogP contribution in [0.1, 0.15) is 22.1 Å². The molecule has 1 aliphatic rings. The average Bonchev–Trinajstić information content (AvgIpc) is 3.23. The highest BCUT2D eigenvalue weighted by Crippen LogP contribution is 1.97. The first-order valence-electron chi connectivity index (χ1n) is 8.20. The van der Waals surface area contributed by atoms with Gasteiger partial charge in [-0.1, -0.05) is 5.21 Å². The summed E-state index contributed by atoms with van der Waals surface area (Å²) in [5, 5.41) is 20.9. The van der Waals surface area contributed by atoms with Crippen LogP contribution in [0.3, 0.4) is 0 Å². The summed E-state index contributed by atoms with van der Waals surface area (Å²) in [5.41, 5.74) is 0.335. The number of H-pyrrole nitrogens is 1. The van der Waals surface area contributed by atoms with Crippen LogP contribution < -0.4 is 10.6 Å². The van der Waals surface area contributed by atoms with Crippen molar-refractivity contribution in [2.24, 2.45) is 0 Å². The van der Waals surface area contributed by atoms with E-state index in [1.807, 2.05) is 6.92 Å². The second-order valence-corrected chi connectivity index (χ2v) is 5.80. The van der Waals surface area contributed by atoms with Crippen LogP contribution >= 0.6 is 0 Å². The summed E-state index contributed by atoms with van der Waals surface area (Å²) >= 11 is 0. The van der Waals surface area contributed by atoms with Crippen molar-refractivity contribution in [1.82, 2.24) is 45.7 Å². The van der Waals surface area contributed by atoms with Gasteiger partial charge in [-0.2, -0.15) is 5.10 Å². The number of nitrogens with zero attached hydrogens (tertiary/aromatic N) is 6. The average molecular weight is 333 g/mol. The molecule has 0 atom stereocenters. The molecule has 24 heavy (non-hydrogen) atoms. The number of aromatic nitrogens is 6. The van der Waals surface area contributed by atoms with Crippen molar-refractivity contribution in [2.75, 3.05) is 39.3 Å². The first-order valence-corrected chi connectivity index (χ1v) is 8.20. The van der Waals surface area contributed by atoms with Crippen LogP contribution in [0, 0.1) is 6.92 Å². The number of amides is 1. The van der Waals surface area contributed by atoms with Crippen molar-refractivity contribution in [3.63, 3.8) is 0 Å². The van der Waals surface area contributed by atoms with Crippen LogP contribution in [0.15, 0.2) is 6.20 Å². The predicted octanol–water partition coefficient (Wildman–Crippen LogP) is -1.42. The van der Waals surface area contributed by atoms with Gasteiger partial charge in [0, 0.05) is 45.7 Å². The first-order chi connectivity index (χ1) is 11.7. The normalized spacial score (nSPS) is 15.5. The fourth-order valence-electron chi connectivity index (χ4n) is 2.57. The number of carbonyl (C=O) groups is 1. The Morgan fingerprint density at radius 1 is 1.33 bits per heavy atom. The monoisotopic (exact) mass is 333 g/mol. The summed E-state index contributed by atoms with van der Waals surface area (Å²) in [7, 11) is 0. The van der Waals surface area contributed by atoms with Crippen LogP contribution in [0.5, 0.6) is 0 Å². The summed E-state index contributed by atoms with van der Waals surface area (Å²) in [6.45, 7) is 8.08. The summed E-state index contributed by atoms with van der Waals surface area (Å²) in [6, 6.07) is 0. The minimum atomic E-state index is -0.226. The zero-order valence-electron chi connectivity index (χ0n) is 13.8. The Morgan fingerprint density at radius 2 is 2.17 bits per heavy atom. The molecular weight excluding hydrogens is 310 g/mol. The SMILES string of the molecule is Cc1nc(CCNC(=O)c2cn(CCN3CCNCC3)nn2)n[nH]1. The molecule has 1 saturated heterocycles. The number of carbonyl (C=O) groups excluding carboxylic acids is 1. The lowest BCUT2D eigenvalue weighted by Crippen LogP contribution is -2.44. The van der Waals surface area contributed by atoms with E-state index in [1.165, 1.54) is 0 Å². The lowest BCUT2D eigenvalue weighted by Gasteiger charge is -2.26. The van der Waals surface area contributed by atoms with Gasteiger partial charge in [0.05, 0.1) is 12.7 Å². The van der Waals surface area contributed by atoms with E-state index in [0.29, 0.717) is 24.5 Å².